The van der Waals surface area contributed by atoms with Crippen LogP contribution in [0.2, 0.25) is 0 Å². The summed E-state index contributed by atoms with van der Waals surface area (Å²) in [7, 11) is 1.54. The number of aliphatic carboxylic acids is 1. The molecule has 158 valence electrons. The van der Waals surface area contributed by atoms with E-state index in [4.69, 9.17) is 9.47 Å². The molecule has 0 radical (unpaired) electrons. The van der Waals surface area contributed by atoms with E-state index in [-0.39, 0.29) is 19.1 Å². The normalized spacial score (nSPS) is 11.4. The van der Waals surface area contributed by atoms with Crippen LogP contribution < -0.4 is 10.1 Å². The maximum absolute atomic E-state index is 12.1. The Morgan fingerprint density at radius 2 is 1.83 bits per heavy atom. The highest BCUT2D eigenvalue weighted by Gasteiger charge is 2.20. The summed E-state index contributed by atoms with van der Waals surface area (Å²) >= 11 is 0. The molecule has 0 saturated carbocycles. The predicted octanol–water partition coefficient (Wildman–Crippen LogP) is 3.09. The molecule has 0 bridgehead atoms. The number of benzene rings is 2. The standard InChI is InChI=1S/C24H27NO5/c1-16(2)30-22(24(27)28)14-19-9-11-21(29-4)20(13-19)15-25-23(26)12-10-18-7-5-17(3)6-8-18/h5-9,11,13,16,22H,14-15H2,1-4H3,(H,25,26)(H,27,28). The Kier molecular flexibility index (Phi) is 8.45. The molecule has 2 aromatic carbocycles. The molecule has 0 spiro atoms. The largest absolute Gasteiger partial charge is 0.496 e. The van der Waals surface area contributed by atoms with E-state index in [9.17, 15) is 14.7 Å². The first-order chi connectivity index (χ1) is 14.3. The lowest BCUT2D eigenvalue weighted by atomic mass is 10.0. The van der Waals surface area contributed by atoms with Gasteiger partial charge in [0.1, 0.15) is 5.75 Å². The molecule has 1 atom stereocenters. The Balaban J connectivity index is 2.07. The van der Waals surface area contributed by atoms with Crippen LogP contribution in [-0.2, 0) is 27.3 Å². The van der Waals surface area contributed by atoms with E-state index in [0.717, 1.165) is 22.3 Å². The monoisotopic (exact) mass is 409 g/mol. The van der Waals surface area contributed by atoms with Gasteiger partial charge in [0.05, 0.1) is 13.2 Å². The summed E-state index contributed by atoms with van der Waals surface area (Å²) in [6, 6.07) is 13.0. The quantitative estimate of drug-likeness (QED) is 0.655. The molecule has 6 heteroatoms. The Bertz CT molecular complexity index is 938. The fourth-order valence-electron chi connectivity index (χ4n) is 2.82. The summed E-state index contributed by atoms with van der Waals surface area (Å²) in [5, 5.41) is 12.1. The molecule has 1 unspecified atom stereocenters. The molecular formula is C24H27NO5. The third kappa shape index (κ3) is 7.26. The highest BCUT2D eigenvalue weighted by atomic mass is 16.5. The summed E-state index contributed by atoms with van der Waals surface area (Å²) in [6.07, 6.45) is -0.928. The molecule has 2 N–H and O–H groups in total. The van der Waals surface area contributed by atoms with E-state index in [1.165, 1.54) is 0 Å². The number of carbonyl (C=O) groups is 2. The van der Waals surface area contributed by atoms with Crippen molar-refractivity contribution < 1.29 is 24.2 Å². The number of nitrogens with one attached hydrogen (secondary N) is 1. The SMILES string of the molecule is COc1ccc(CC(OC(C)C)C(=O)O)cc1CNC(=O)C#Cc1ccc(C)cc1. The van der Waals surface area contributed by atoms with Gasteiger partial charge in [-0.05, 0) is 44.5 Å². The summed E-state index contributed by atoms with van der Waals surface area (Å²) in [4.78, 5) is 23.6. The van der Waals surface area contributed by atoms with Crippen LogP contribution in [0.25, 0.3) is 0 Å². The van der Waals surface area contributed by atoms with Crippen LogP contribution in [0.4, 0.5) is 0 Å². The average Bonchev–Trinajstić information content (AvgIpc) is 2.71. The van der Waals surface area contributed by atoms with Crippen molar-refractivity contribution in [1.82, 2.24) is 5.32 Å². The van der Waals surface area contributed by atoms with E-state index < -0.39 is 18.0 Å². The lowest BCUT2D eigenvalue weighted by Gasteiger charge is -2.17. The minimum atomic E-state index is -1.01. The highest BCUT2D eigenvalue weighted by molar-refractivity contribution is 5.94. The van der Waals surface area contributed by atoms with E-state index in [1.54, 1.807) is 33.1 Å². The van der Waals surface area contributed by atoms with E-state index in [0.29, 0.717) is 5.75 Å². The molecule has 0 fully saturated rings. The van der Waals surface area contributed by atoms with Crippen LogP contribution in [0.15, 0.2) is 42.5 Å². The van der Waals surface area contributed by atoms with Gasteiger partial charge in [-0.15, -0.1) is 0 Å². The van der Waals surface area contributed by atoms with Gasteiger partial charge in [-0.1, -0.05) is 35.7 Å². The van der Waals surface area contributed by atoms with Crippen LogP contribution in [0, 0.1) is 18.8 Å². The fraction of sp³-hybridized carbons (Fsp3) is 0.333. The third-order valence-electron chi connectivity index (χ3n) is 4.29. The number of aryl methyl sites for hydroxylation is 1. The summed E-state index contributed by atoms with van der Waals surface area (Å²) in [6.45, 7) is 5.78. The number of hydrogen-bond donors (Lipinski definition) is 2. The first-order valence-electron chi connectivity index (χ1n) is 9.69. The van der Waals surface area contributed by atoms with Gasteiger partial charge >= 0.3 is 5.97 Å². The van der Waals surface area contributed by atoms with Crippen molar-refractivity contribution in [2.75, 3.05) is 7.11 Å². The topological polar surface area (TPSA) is 84.9 Å². The van der Waals surface area contributed by atoms with Gasteiger partial charge in [-0.2, -0.15) is 0 Å². The molecule has 0 aromatic heterocycles. The fourth-order valence-corrected chi connectivity index (χ4v) is 2.82. The van der Waals surface area contributed by atoms with Gasteiger partial charge in [0.2, 0.25) is 0 Å². The number of carbonyl (C=O) groups excluding carboxylic acids is 1. The lowest BCUT2D eigenvalue weighted by Crippen LogP contribution is -2.29. The van der Waals surface area contributed by atoms with Crippen LogP contribution in [0.5, 0.6) is 5.75 Å². The molecule has 0 aliphatic heterocycles. The second-order valence-corrected chi connectivity index (χ2v) is 7.16. The van der Waals surface area contributed by atoms with Gasteiger partial charge in [0, 0.05) is 30.0 Å². The number of rotatable bonds is 8. The Hall–Kier alpha value is -3.30. The number of amides is 1. The molecule has 2 aromatic rings. The molecule has 0 aliphatic rings. The van der Waals surface area contributed by atoms with E-state index in [2.05, 4.69) is 17.2 Å². The summed E-state index contributed by atoms with van der Waals surface area (Å²) in [5.41, 5.74) is 3.40. The van der Waals surface area contributed by atoms with Crippen molar-refractivity contribution in [3.8, 4) is 17.6 Å². The van der Waals surface area contributed by atoms with Crippen molar-refractivity contribution >= 4 is 11.9 Å². The number of methoxy groups -OCH3 is 1. The number of carboxylic acid groups (broad SMARTS) is 1. The number of hydrogen-bond acceptors (Lipinski definition) is 4. The van der Waals surface area contributed by atoms with Crippen LogP contribution in [0.3, 0.4) is 0 Å². The molecular weight excluding hydrogens is 382 g/mol. The second kappa shape index (κ2) is 11.0. The number of carboxylic acids is 1. The summed E-state index contributed by atoms with van der Waals surface area (Å²) < 4.78 is 10.8. The van der Waals surface area contributed by atoms with Gasteiger partial charge in [0.15, 0.2) is 6.10 Å². The van der Waals surface area contributed by atoms with Gasteiger partial charge in [0.25, 0.3) is 5.91 Å². The lowest BCUT2D eigenvalue weighted by molar-refractivity contribution is -0.153. The molecule has 6 nitrogen and oxygen atoms in total. The van der Waals surface area contributed by atoms with Crippen LogP contribution >= 0.6 is 0 Å². The van der Waals surface area contributed by atoms with Crippen molar-refractivity contribution in [2.45, 2.75) is 45.9 Å². The first-order valence-corrected chi connectivity index (χ1v) is 9.69. The third-order valence-corrected chi connectivity index (χ3v) is 4.29. The average molecular weight is 409 g/mol. The van der Waals surface area contributed by atoms with Gasteiger partial charge < -0.3 is 19.9 Å². The smallest absolute Gasteiger partial charge is 0.333 e. The Labute approximate surface area is 177 Å². The molecule has 0 aliphatic carbocycles. The molecule has 2 rings (SSSR count). The molecule has 30 heavy (non-hydrogen) atoms. The van der Waals surface area contributed by atoms with E-state index in [1.807, 2.05) is 37.3 Å². The minimum absolute atomic E-state index is 0.199. The second-order valence-electron chi connectivity index (χ2n) is 7.16. The zero-order valence-corrected chi connectivity index (χ0v) is 17.7. The predicted molar refractivity (Wildman–Crippen MR) is 114 cm³/mol. The van der Waals surface area contributed by atoms with E-state index >= 15 is 0 Å². The van der Waals surface area contributed by atoms with Crippen molar-refractivity contribution in [3.05, 3.63) is 64.7 Å². The van der Waals surface area contributed by atoms with Crippen molar-refractivity contribution in [3.63, 3.8) is 0 Å². The van der Waals surface area contributed by atoms with Crippen molar-refractivity contribution in [2.24, 2.45) is 0 Å². The van der Waals surface area contributed by atoms with Gasteiger partial charge in [-0.3, -0.25) is 4.79 Å². The first kappa shape index (κ1) is 23.0. The summed E-state index contributed by atoms with van der Waals surface area (Å²) in [5.74, 6) is 4.58. The maximum atomic E-state index is 12.1. The highest BCUT2D eigenvalue weighted by Crippen LogP contribution is 2.21. The van der Waals surface area contributed by atoms with Gasteiger partial charge in [-0.25, -0.2) is 4.79 Å². The molecule has 1 amide bonds. The minimum Gasteiger partial charge on any atom is -0.496 e. The maximum Gasteiger partial charge on any atom is 0.333 e. The molecule has 0 saturated heterocycles. The van der Waals surface area contributed by atoms with Crippen LogP contribution in [0.1, 0.15) is 36.1 Å². The molecule has 0 heterocycles. The number of ether oxygens (including phenoxy) is 2. The Morgan fingerprint density at radius 3 is 2.43 bits per heavy atom. The zero-order valence-electron chi connectivity index (χ0n) is 17.7. The van der Waals surface area contributed by atoms with Crippen LogP contribution in [-0.4, -0.2) is 36.3 Å². The zero-order chi connectivity index (χ0) is 22.1. The Morgan fingerprint density at radius 1 is 1.13 bits per heavy atom. The van der Waals surface area contributed by atoms with Crippen molar-refractivity contribution in [1.29, 1.82) is 0 Å².